The largest absolute Gasteiger partial charge is 0.315 e. The third kappa shape index (κ3) is 3.47. The van der Waals surface area contributed by atoms with Gasteiger partial charge in [-0.1, -0.05) is 0 Å². The first-order valence-corrected chi connectivity index (χ1v) is 7.50. The van der Waals surface area contributed by atoms with Gasteiger partial charge in [-0.2, -0.15) is 11.8 Å². The Morgan fingerprint density at radius 3 is 3.20 bits per heavy atom. The molecule has 4 heteroatoms. The second-order valence-electron chi connectivity index (χ2n) is 3.95. The van der Waals surface area contributed by atoms with E-state index in [-0.39, 0.29) is 0 Å². The lowest BCUT2D eigenvalue weighted by Gasteiger charge is -2.09. The second-order valence-corrected chi connectivity index (χ2v) is 6.30. The van der Waals surface area contributed by atoms with Crippen molar-refractivity contribution in [1.29, 1.82) is 0 Å². The molecule has 2 heterocycles. The van der Waals surface area contributed by atoms with Crippen LogP contribution in [-0.4, -0.2) is 29.1 Å². The average Bonchev–Trinajstić information content (AvgIpc) is 2.85. The molecule has 0 spiro atoms. The van der Waals surface area contributed by atoms with Crippen molar-refractivity contribution in [3.63, 3.8) is 0 Å². The van der Waals surface area contributed by atoms with Crippen molar-refractivity contribution in [1.82, 2.24) is 10.3 Å². The van der Waals surface area contributed by atoms with Gasteiger partial charge >= 0.3 is 0 Å². The summed E-state index contributed by atoms with van der Waals surface area (Å²) < 4.78 is 0. The molecule has 15 heavy (non-hydrogen) atoms. The molecule has 0 saturated carbocycles. The Hall–Kier alpha value is -0.0600. The lowest BCUT2D eigenvalue weighted by Crippen LogP contribution is -2.25. The number of aryl methyl sites for hydroxylation is 1. The van der Waals surface area contributed by atoms with E-state index >= 15 is 0 Å². The van der Waals surface area contributed by atoms with Crippen LogP contribution in [0.15, 0.2) is 5.51 Å². The van der Waals surface area contributed by atoms with E-state index in [0.717, 1.165) is 18.2 Å². The fraction of sp³-hybridized carbons (Fsp3) is 0.727. The molecule has 2 rings (SSSR count). The average molecular weight is 242 g/mol. The van der Waals surface area contributed by atoms with Gasteiger partial charge in [0.05, 0.1) is 11.2 Å². The Morgan fingerprint density at radius 2 is 2.53 bits per heavy atom. The third-order valence-electron chi connectivity index (χ3n) is 2.77. The van der Waals surface area contributed by atoms with Gasteiger partial charge in [0.1, 0.15) is 0 Å². The van der Waals surface area contributed by atoms with E-state index in [2.05, 4.69) is 29.0 Å². The summed E-state index contributed by atoms with van der Waals surface area (Å²) in [6.45, 7) is 4.38. The number of hydrogen-bond donors (Lipinski definition) is 1. The van der Waals surface area contributed by atoms with Crippen LogP contribution in [0.25, 0.3) is 0 Å². The zero-order valence-electron chi connectivity index (χ0n) is 9.16. The zero-order valence-corrected chi connectivity index (χ0v) is 10.8. The van der Waals surface area contributed by atoms with Gasteiger partial charge in [0.2, 0.25) is 0 Å². The molecule has 84 valence electrons. The van der Waals surface area contributed by atoms with Crippen molar-refractivity contribution in [2.75, 3.05) is 18.8 Å². The first-order valence-electron chi connectivity index (χ1n) is 5.57. The van der Waals surface area contributed by atoms with Crippen LogP contribution < -0.4 is 5.32 Å². The van der Waals surface area contributed by atoms with Crippen LogP contribution in [0.3, 0.4) is 0 Å². The first-order chi connectivity index (χ1) is 7.36. The van der Waals surface area contributed by atoms with Gasteiger partial charge in [-0.05, 0) is 31.9 Å². The number of aromatic nitrogens is 1. The maximum absolute atomic E-state index is 4.26. The van der Waals surface area contributed by atoms with Gasteiger partial charge in [0, 0.05) is 23.2 Å². The monoisotopic (exact) mass is 242 g/mol. The van der Waals surface area contributed by atoms with Crippen molar-refractivity contribution in [2.24, 2.45) is 0 Å². The number of hydrogen-bond acceptors (Lipinski definition) is 4. The number of thiazole rings is 1. The van der Waals surface area contributed by atoms with E-state index in [0.29, 0.717) is 0 Å². The minimum absolute atomic E-state index is 0.868. The maximum Gasteiger partial charge on any atom is 0.0797 e. The van der Waals surface area contributed by atoms with E-state index < -0.39 is 0 Å². The highest BCUT2D eigenvalue weighted by Gasteiger charge is 2.14. The molecule has 1 atom stereocenters. The smallest absolute Gasteiger partial charge is 0.0797 e. The van der Waals surface area contributed by atoms with Gasteiger partial charge in [0.15, 0.2) is 0 Å². The SMILES string of the molecule is Cc1ncsc1CCNCC1CCCS1. The Bertz CT molecular complexity index is 293. The molecule has 0 aromatic carbocycles. The summed E-state index contributed by atoms with van der Waals surface area (Å²) in [5.74, 6) is 1.36. The summed E-state index contributed by atoms with van der Waals surface area (Å²) in [5, 5.41) is 4.42. The lowest BCUT2D eigenvalue weighted by molar-refractivity contribution is 0.645. The van der Waals surface area contributed by atoms with Crippen LogP contribution in [0.1, 0.15) is 23.4 Å². The topological polar surface area (TPSA) is 24.9 Å². The molecule has 1 fully saturated rings. The molecule has 1 aromatic heterocycles. The van der Waals surface area contributed by atoms with Gasteiger partial charge in [-0.25, -0.2) is 4.98 Å². The van der Waals surface area contributed by atoms with Gasteiger partial charge in [-0.3, -0.25) is 0 Å². The molecule has 1 unspecified atom stereocenters. The molecule has 1 aliphatic heterocycles. The van der Waals surface area contributed by atoms with Gasteiger partial charge in [0.25, 0.3) is 0 Å². The maximum atomic E-state index is 4.26. The Morgan fingerprint density at radius 1 is 1.60 bits per heavy atom. The summed E-state index contributed by atoms with van der Waals surface area (Å²) in [6.07, 6.45) is 3.94. The Balaban J connectivity index is 1.60. The summed E-state index contributed by atoms with van der Waals surface area (Å²) in [5.41, 5.74) is 3.15. The highest BCUT2D eigenvalue weighted by atomic mass is 32.2. The predicted octanol–water partition coefficient (Wildman–Crippen LogP) is 2.48. The molecular weight excluding hydrogens is 224 g/mol. The van der Waals surface area contributed by atoms with Crippen molar-refractivity contribution in [2.45, 2.75) is 31.4 Å². The van der Waals surface area contributed by atoms with Crippen molar-refractivity contribution in [3.05, 3.63) is 16.1 Å². The van der Waals surface area contributed by atoms with Crippen LogP contribution in [-0.2, 0) is 6.42 Å². The standard InChI is InChI=1S/C11H18N2S2/c1-9-11(15-8-13-9)4-5-12-7-10-3-2-6-14-10/h8,10,12H,2-7H2,1H3. The minimum atomic E-state index is 0.868. The molecule has 0 bridgehead atoms. The van der Waals surface area contributed by atoms with Gasteiger partial charge in [-0.15, -0.1) is 11.3 Å². The quantitative estimate of drug-likeness (QED) is 0.803. The summed E-state index contributed by atoms with van der Waals surface area (Å²) in [4.78, 5) is 5.69. The van der Waals surface area contributed by atoms with E-state index in [1.807, 2.05) is 5.51 Å². The molecule has 0 radical (unpaired) electrons. The van der Waals surface area contributed by atoms with Crippen LogP contribution in [0.5, 0.6) is 0 Å². The summed E-state index contributed by atoms with van der Waals surface area (Å²) in [7, 11) is 0. The Kier molecular flexibility index (Phi) is 4.47. The molecular formula is C11H18N2S2. The molecule has 2 nitrogen and oxygen atoms in total. The summed E-state index contributed by atoms with van der Waals surface area (Å²) >= 11 is 3.90. The predicted molar refractivity (Wildman–Crippen MR) is 68.9 cm³/mol. The highest BCUT2D eigenvalue weighted by Crippen LogP contribution is 2.25. The minimum Gasteiger partial charge on any atom is -0.315 e. The molecule has 1 aromatic rings. The van der Waals surface area contributed by atoms with Crippen molar-refractivity contribution in [3.8, 4) is 0 Å². The van der Waals surface area contributed by atoms with E-state index in [9.17, 15) is 0 Å². The Labute approximate surface area is 99.9 Å². The normalized spacial score (nSPS) is 21.0. The number of thioether (sulfide) groups is 1. The van der Waals surface area contributed by atoms with Crippen LogP contribution >= 0.6 is 23.1 Å². The molecule has 0 aliphatic carbocycles. The van der Waals surface area contributed by atoms with E-state index in [4.69, 9.17) is 0 Å². The van der Waals surface area contributed by atoms with E-state index in [1.165, 1.54) is 35.7 Å². The highest BCUT2D eigenvalue weighted by molar-refractivity contribution is 8.00. The molecule has 1 saturated heterocycles. The van der Waals surface area contributed by atoms with Crippen LogP contribution in [0.2, 0.25) is 0 Å². The first kappa shape index (κ1) is 11.4. The zero-order chi connectivity index (χ0) is 10.5. The number of nitrogens with zero attached hydrogens (tertiary/aromatic N) is 1. The fourth-order valence-electron chi connectivity index (χ4n) is 1.84. The molecule has 0 amide bonds. The summed E-state index contributed by atoms with van der Waals surface area (Å²) in [6, 6.07) is 0. The second kappa shape index (κ2) is 5.87. The molecule has 1 N–H and O–H groups in total. The molecule has 1 aliphatic rings. The fourth-order valence-corrected chi connectivity index (χ4v) is 3.85. The van der Waals surface area contributed by atoms with Crippen LogP contribution in [0, 0.1) is 6.92 Å². The van der Waals surface area contributed by atoms with Crippen molar-refractivity contribution < 1.29 is 0 Å². The number of nitrogens with one attached hydrogen (secondary N) is 1. The van der Waals surface area contributed by atoms with Gasteiger partial charge < -0.3 is 5.32 Å². The van der Waals surface area contributed by atoms with E-state index in [1.54, 1.807) is 11.3 Å². The van der Waals surface area contributed by atoms with Crippen molar-refractivity contribution >= 4 is 23.1 Å². The number of rotatable bonds is 5. The van der Waals surface area contributed by atoms with Crippen LogP contribution in [0.4, 0.5) is 0 Å². The third-order valence-corrected chi connectivity index (χ3v) is 5.16. The lowest BCUT2D eigenvalue weighted by atomic mass is 10.2.